The summed E-state index contributed by atoms with van der Waals surface area (Å²) < 4.78 is 4.87. The first-order valence-electron chi connectivity index (χ1n) is 10.5. The average molecular weight is 484 g/mol. The highest BCUT2D eigenvalue weighted by Crippen LogP contribution is 2.20. The molecular formula is C26H22BrN5. The van der Waals surface area contributed by atoms with Crippen molar-refractivity contribution >= 4 is 27.3 Å². The Morgan fingerprint density at radius 1 is 0.625 bits per heavy atom. The van der Waals surface area contributed by atoms with Gasteiger partial charge >= 0.3 is 0 Å². The number of halogens is 1. The maximum absolute atomic E-state index is 4.77. The number of para-hydroxylation sites is 1. The van der Waals surface area contributed by atoms with Crippen molar-refractivity contribution in [2.75, 3.05) is 5.32 Å². The van der Waals surface area contributed by atoms with Crippen molar-refractivity contribution in [2.45, 2.75) is 12.8 Å². The fraction of sp³-hybridized carbons (Fsp3) is 0.0769. The third kappa shape index (κ3) is 4.81. The molecule has 0 unspecified atom stereocenters. The normalized spacial score (nSPS) is 10.9. The zero-order chi connectivity index (χ0) is 21.8. The zero-order valence-corrected chi connectivity index (χ0v) is 19.0. The monoisotopic (exact) mass is 483 g/mol. The molecule has 0 saturated heterocycles. The van der Waals surface area contributed by atoms with Crippen molar-refractivity contribution < 1.29 is 0 Å². The van der Waals surface area contributed by atoms with Crippen molar-refractivity contribution in [3.8, 4) is 11.4 Å². The quantitative estimate of drug-likeness (QED) is 0.293. The van der Waals surface area contributed by atoms with Gasteiger partial charge in [0.25, 0.3) is 0 Å². The Kier molecular flexibility index (Phi) is 5.85. The van der Waals surface area contributed by atoms with Crippen molar-refractivity contribution in [2.24, 2.45) is 0 Å². The molecule has 5 aromatic rings. The van der Waals surface area contributed by atoms with Crippen LogP contribution in [-0.4, -0.2) is 19.6 Å². The van der Waals surface area contributed by atoms with Gasteiger partial charge in [-0.1, -0.05) is 46.3 Å². The van der Waals surface area contributed by atoms with E-state index in [4.69, 9.17) is 10.2 Å². The summed E-state index contributed by atoms with van der Waals surface area (Å²) in [6.07, 6.45) is 5.69. The van der Waals surface area contributed by atoms with Crippen LogP contribution in [0.3, 0.4) is 0 Å². The van der Waals surface area contributed by atoms with Crippen molar-refractivity contribution in [1.82, 2.24) is 19.6 Å². The highest BCUT2D eigenvalue weighted by Gasteiger charge is 2.06. The molecule has 6 heteroatoms. The molecule has 0 saturated carbocycles. The topological polar surface area (TPSA) is 47.7 Å². The number of rotatable bonds is 7. The lowest BCUT2D eigenvalue weighted by atomic mass is 10.2. The summed E-state index contributed by atoms with van der Waals surface area (Å²) in [6.45, 7) is 0. The smallest absolute Gasteiger partial charge is 0.0666 e. The lowest BCUT2D eigenvalue weighted by Gasteiger charge is -2.08. The van der Waals surface area contributed by atoms with Gasteiger partial charge in [0.15, 0.2) is 0 Å². The number of nitrogens with one attached hydrogen (secondary N) is 1. The van der Waals surface area contributed by atoms with E-state index in [1.54, 1.807) is 0 Å². The lowest BCUT2D eigenvalue weighted by molar-refractivity contribution is 0.785. The third-order valence-corrected chi connectivity index (χ3v) is 5.67. The predicted molar refractivity (Wildman–Crippen MR) is 132 cm³/mol. The first kappa shape index (κ1) is 20.3. The molecule has 0 aliphatic rings. The van der Waals surface area contributed by atoms with Gasteiger partial charge in [0.05, 0.1) is 22.8 Å². The van der Waals surface area contributed by atoms with E-state index in [0.717, 1.165) is 51.5 Å². The molecule has 2 aromatic heterocycles. The molecule has 0 aliphatic carbocycles. The van der Waals surface area contributed by atoms with Crippen LogP contribution in [0.5, 0.6) is 0 Å². The summed E-state index contributed by atoms with van der Waals surface area (Å²) in [4.78, 5) is 0. The van der Waals surface area contributed by atoms with Gasteiger partial charge in [-0.05, 0) is 73.5 Å². The van der Waals surface area contributed by atoms with Crippen LogP contribution in [0.4, 0.5) is 11.4 Å². The molecule has 0 fully saturated rings. The molecule has 0 atom stereocenters. The Balaban J connectivity index is 1.24. The van der Waals surface area contributed by atoms with E-state index in [2.05, 4.69) is 69.8 Å². The van der Waals surface area contributed by atoms with Crippen LogP contribution in [0, 0.1) is 0 Å². The summed E-state index contributed by atoms with van der Waals surface area (Å²) >= 11 is 3.51. The number of hydrogen-bond donors (Lipinski definition) is 1. The Morgan fingerprint density at radius 2 is 1.22 bits per heavy atom. The van der Waals surface area contributed by atoms with Gasteiger partial charge in [-0.2, -0.15) is 10.2 Å². The van der Waals surface area contributed by atoms with E-state index in [1.165, 1.54) is 0 Å². The maximum Gasteiger partial charge on any atom is 0.0666 e. The Bertz CT molecular complexity index is 1320. The molecule has 5 rings (SSSR count). The first-order valence-corrected chi connectivity index (χ1v) is 11.3. The van der Waals surface area contributed by atoms with Crippen molar-refractivity contribution in [1.29, 1.82) is 0 Å². The molecule has 0 aliphatic heterocycles. The van der Waals surface area contributed by atoms with Gasteiger partial charge in [-0.15, -0.1) is 0 Å². The van der Waals surface area contributed by atoms with Gasteiger partial charge in [-0.3, -0.25) is 0 Å². The van der Waals surface area contributed by atoms with Crippen LogP contribution in [0.25, 0.3) is 11.4 Å². The number of anilines is 2. The Labute approximate surface area is 195 Å². The van der Waals surface area contributed by atoms with E-state index in [1.807, 2.05) is 64.2 Å². The van der Waals surface area contributed by atoms with Crippen LogP contribution >= 0.6 is 15.9 Å². The molecular weight excluding hydrogens is 462 g/mol. The molecule has 158 valence electrons. The third-order valence-electron chi connectivity index (χ3n) is 5.17. The van der Waals surface area contributed by atoms with Gasteiger partial charge in [-0.25, -0.2) is 9.36 Å². The van der Waals surface area contributed by atoms with E-state index in [9.17, 15) is 0 Å². The van der Waals surface area contributed by atoms with Crippen LogP contribution in [-0.2, 0) is 12.8 Å². The second kappa shape index (κ2) is 9.24. The number of hydrogen-bond acceptors (Lipinski definition) is 3. The molecule has 0 spiro atoms. The summed E-state index contributed by atoms with van der Waals surface area (Å²) in [5, 5.41) is 12.9. The van der Waals surface area contributed by atoms with E-state index >= 15 is 0 Å². The SMILES string of the molecule is Brc1cccc(-n2ccc(CCc3ccn(-c4cccc(Nc5ccccc5)c4)n3)n2)c1. The van der Waals surface area contributed by atoms with Crippen LogP contribution in [0.2, 0.25) is 0 Å². The summed E-state index contributed by atoms with van der Waals surface area (Å²) in [6, 6.07) is 30.7. The molecule has 3 aromatic carbocycles. The predicted octanol–water partition coefficient (Wildman–Crippen LogP) is 6.35. The fourth-order valence-electron chi connectivity index (χ4n) is 3.57. The fourth-order valence-corrected chi connectivity index (χ4v) is 3.95. The second-order valence-corrected chi connectivity index (χ2v) is 8.44. The number of benzene rings is 3. The average Bonchev–Trinajstić information content (AvgIpc) is 3.49. The molecule has 1 N–H and O–H groups in total. The molecule has 32 heavy (non-hydrogen) atoms. The van der Waals surface area contributed by atoms with Crippen LogP contribution in [0.1, 0.15) is 11.4 Å². The number of aryl methyl sites for hydroxylation is 2. The van der Waals surface area contributed by atoms with Gasteiger partial charge in [0.1, 0.15) is 0 Å². The van der Waals surface area contributed by atoms with Crippen LogP contribution in [0.15, 0.2) is 108 Å². The first-order chi connectivity index (χ1) is 15.7. The highest BCUT2D eigenvalue weighted by atomic mass is 79.9. The molecule has 2 heterocycles. The molecule has 5 nitrogen and oxygen atoms in total. The van der Waals surface area contributed by atoms with Gasteiger partial charge in [0.2, 0.25) is 0 Å². The van der Waals surface area contributed by atoms with Crippen LogP contribution < -0.4 is 5.32 Å². The van der Waals surface area contributed by atoms with E-state index in [-0.39, 0.29) is 0 Å². The van der Waals surface area contributed by atoms with Gasteiger partial charge in [0, 0.05) is 28.2 Å². The Morgan fingerprint density at radius 3 is 1.88 bits per heavy atom. The maximum atomic E-state index is 4.77. The summed E-state index contributed by atoms with van der Waals surface area (Å²) in [7, 11) is 0. The minimum Gasteiger partial charge on any atom is -0.355 e. The van der Waals surface area contributed by atoms with E-state index in [0.29, 0.717) is 0 Å². The second-order valence-electron chi connectivity index (χ2n) is 7.52. The van der Waals surface area contributed by atoms with E-state index < -0.39 is 0 Å². The Hall–Kier alpha value is -3.64. The summed E-state index contributed by atoms with van der Waals surface area (Å²) in [5.41, 5.74) is 6.25. The summed E-state index contributed by atoms with van der Waals surface area (Å²) in [5.74, 6) is 0. The largest absolute Gasteiger partial charge is 0.355 e. The molecule has 0 bridgehead atoms. The highest BCUT2D eigenvalue weighted by molar-refractivity contribution is 9.10. The number of aromatic nitrogens is 4. The number of nitrogens with zero attached hydrogens (tertiary/aromatic N) is 4. The minimum absolute atomic E-state index is 0.838. The van der Waals surface area contributed by atoms with Crippen molar-refractivity contribution in [3.05, 3.63) is 119 Å². The molecule has 0 radical (unpaired) electrons. The van der Waals surface area contributed by atoms with Crippen molar-refractivity contribution in [3.63, 3.8) is 0 Å². The minimum atomic E-state index is 0.838. The van der Waals surface area contributed by atoms with Gasteiger partial charge < -0.3 is 5.32 Å². The zero-order valence-electron chi connectivity index (χ0n) is 17.4. The lowest BCUT2D eigenvalue weighted by Crippen LogP contribution is -2.00. The standard InChI is InChI=1S/C26H22BrN5/c27-20-6-4-10-25(18-20)31-16-14-22(29-31)12-13-23-15-17-32(30-23)26-11-5-9-24(19-26)28-21-7-2-1-3-8-21/h1-11,14-19,28H,12-13H2. The molecule has 0 amide bonds.